The van der Waals surface area contributed by atoms with E-state index in [0.29, 0.717) is 48.4 Å². The topological polar surface area (TPSA) is 78.4 Å². The largest absolute Gasteiger partial charge is 0.493 e. The van der Waals surface area contributed by atoms with Crippen LogP contribution in [0.15, 0.2) is 39.9 Å². The molecule has 0 aliphatic rings. The molecule has 0 aromatic heterocycles. The Bertz CT molecular complexity index is 886. The van der Waals surface area contributed by atoms with Crippen LogP contribution >= 0.6 is 15.9 Å². The first-order valence-electron chi connectivity index (χ1n) is 9.77. The summed E-state index contributed by atoms with van der Waals surface area (Å²) in [5.41, 5.74) is 3.67. The Labute approximate surface area is 185 Å². The number of ether oxygens (including phenoxy) is 4. The number of hydrazone groups is 1. The fraction of sp³-hybridized carbons (Fsp3) is 0.364. The van der Waals surface area contributed by atoms with Crippen LogP contribution in [0.3, 0.4) is 0 Å². The predicted octanol–water partition coefficient (Wildman–Crippen LogP) is 4.81. The van der Waals surface area contributed by atoms with Gasteiger partial charge in [0.15, 0.2) is 23.0 Å². The highest BCUT2D eigenvalue weighted by Crippen LogP contribution is 2.36. The Balaban J connectivity index is 2.13. The minimum atomic E-state index is -0.361. The van der Waals surface area contributed by atoms with Crippen molar-refractivity contribution in [3.63, 3.8) is 0 Å². The molecule has 2 aromatic rings. The van der Waals surface area contributed by atoms with Gasteiger partial charge in [0, 0.05) is 5.56 Å². The van der Waals surface area contributed by atoms with E-state index in [2.05, 4.69) is 26.5 Å². The minimum absolute atomic E-state index is 0.361. The SMILES string of the molecule is CCCOc1c(Br)cc(/C=N/NC(=O)c2ccc(OCC)c(OC)c2)cc1OCC. The lowest BCUT2D eigenvalue weighted by molar-refractivity contribution is 0.0954. The molecule has 30 heavy (non-hydrogen) atoms. The molecular formula is C22H27BrN2O5. The fourth-order valence-electron chi connectivity index (χ4n) is 2.58. The van der Waals surface area contributed by atoms with Crippen LogP contribution in [0.5, 0.6) is 23.0 Å². The van der Waals surface area contributed by atoms with Crippen molar-refractivity contribution in [3.05, 3.63) is 45.9 Å². The molecule has 0 aliphatic carbocycles. The van der Waals surface area contributed by atoms with E-state index >= 15 is 0 Å². The Hall–Kier alpha value is -2.74. The van der Waals surface area contributed by atoms with Crippen LogP contribution in [0.1, 0.15) is 43.1 Å². The third-order valence-corrected chi connectivity index (χ3v) is 4.48. The van der Waals surface area contributed by atoms with E-state index in [1.807, 2.05) is 32.9 Å². The zero-order valence-corrected chi connectivity index (χ0v) is 19.2. The third kappa shape index (κ3) is 6.38. The average Bonchev–Trinajstić information content (AvgIpc) is 2.74. The van der Waals surface area contributed by atoms with E-state index in [-0.39, 0.29) is 5.91 Å². The molecule has 162 valence electrons. The summed E-state index contributed by atoms with van der Waals surface area (Å²) in [7, 11) is 1.53. The number of carbonyl (C=O) groups is 1. The molecule has 7 nitrogen and oxygen atoms in total. The third-order valence-electron chi connectivity index (χ3n) is 3.89. The van der Waals surface area contributed by atoms with Gasteiger partial charge in [-0.05, 0) is 72.1 Å². The highest BCUT2D eigenvalue weighted by molar-refractivity contribution is 9.10. The van der Waals surface area contributed by atoms with Gasteiger partial charge in [-0.1, -0.05) is 6.92 Å². The zero-order chi connectivity index (χ0) is 21.9. The number of carbonyl (C=O) groups excluding carboxylic acids is 1. The quantitative estimate of drug-likeness (QED) is 0.370. The van der Waals surface area contributed by atoms with Crippen LogP contribution in [-0.2, 0) is 0 Å². The molecule has 0 heterocycles. The number of rotatable bonds is 11. The summed E-state index contributed by atoms with van der Waals surface area (Å²) in [6.07, 6.45) is 2.43. The van der Waals surface area contributed by atoms with Gasteiger partial charge in [-0.3, -0.25) is 4.79 Å². The first-order chi connectivity index (χ1) is 14.5. The van der Waals surface area contributed by atoms with Crippen molar-refractivity contribution in [2.24, 2.45) is 5.10 Å². The average molecular weight is 479 g/mol. The number of methoxy groups -OCH3 is 1. The number of nitrogens with zero attached hydrogens (tertiary/aromatic N) is 1. The summed E-state index contributed by atoms with van der Waals surface area (Å²) in [5.74, 6) is 1.98. The summed E-state index contributed by atoms with van der Waals surface area (Å²) < 4.78 is 22.9. The molecule has 8 heteroatoms. The molecule has 2 rings (SSSR count). The van der Waals surface area contributed by atoms with Crippen LogP contribution in [0.25, 0.3) is 0 Å². The number of halogens is 1. The van der Waals surface area contributed by atoms with E-state index in [9.17, 15) is 4.79 Å². The molecule has 1 N–H and O–H groups in total. The number of nitrogens with one attached hydrogen (secondary N) is 1. The molecule has 0 unspecified atom stereocenters. The van der Waals surface area contributed by atoms with Gasteiger partial charge in [0.2, 0.25) is 0 Å². The van der Waals surface area contributed by atoms with Crippen LogP contribution < -0.4 is 24.4 Å². The van der Waals surface area contributed by atoms with Crippen LogP contribution in [-0.4, -0.2) is 39.1 Å². The fourth-order valence-corrected chi connectivity index (χ4v) is 3.16. The van der Waals surface area contributed by atoms with Crippen molar-refractivity contribution >= 4 is 28.1 Å². The molecule has 0 spiro atoms. The van der Waals surface area contributed by atoms with Gasteiger partial charge in [-0.15, -0.1) is 0 Å². The van der Waals surface area contributed by atoms with Crippen molar-refractivity contribution in [2.45, 2.75) is 27.2 Å². The number of amides is 1. The van der Waals surface area contributed by atoms with E-state index < -0.39 is 0 Å². The van der Waals surface area contributed by atoms with Gasteiger partial charge in [0.25, 0.3) is 5.91 Å². The Morgan fingerprint density at radius 2 is 1.77 bits per heavy atom. The maximum atomic E-state index is 12.4. The maximum Gasteiger partial charge on any atom is 0.271 e. The molecule has 0 saturated carbocycles. The molecular weight excluding hydrogens is 452 g/mol. The molecule has 0 fully saturated rings. The Morgan fingerprint density at radius 1 is 1.03 bits per heavy atom. The maximum absolute atomic E-state index is 12.4. The lowest BCUT2D eigenvalue weighted by atomic mass is 10.2. The number of hydrogen-bond donors (Lipinski definition) is 1. The minimum Gasteiger partial charge on any atom is -0.493 e. The molecule has 0 aliphatic heterocycles. The standard InChI is InChI=1S/C22H27BrN2O5/c1-5-10-30-21-17(23)11-15(12-20(21)29-7-3)14-24-25-22(26)16-8-9-18(28-6-2)19(13-16)27-4/h8-9,11-14H,5-7,10H2,1-4H3,(H,25,26)/b24-14+. The number of hydrogen-bond acceptors (Lipinski definition) is 6. The van der Waals surface area contributed by atoms with E-state index in [4.69, 9.17) is 18.9 Å². The van der Waals surface area contributed by atoms with Gasteiger partial charge in [-0.25, -0.2) is 5.43 Å². The molecule has 1 amide bonds. The van der Waals surface area contributed by atoms with Gasteiger partial charge in [0.05, 0.1) is 37.6 Å². The summed E-state index contributed by atoms with van der Waals surface area (Å²) in [4.78, 5) is 12.4. The van der Waals surface area contributed by atoms with Gasteiger partial charge < -0.3 is 18.9 Å². The van der Waals surface area contributed by atoms with E-state index in [1.165, 1.54) is 7.11 Å². The highest BCUT2D eigenvalue weighted by atomic mass is 79.9. The number of benzene rings is 2. The van der Waals surface area contributed by atoms with Gasteiger partial charge >= 0.3 is 0 Å². The van der Waals surface area contributed by atoms with Crippen molar-refractivity contribution in [1.29, 1.82) is 0 Å². The highest BCUT2D eigenvalue weighted by Gasteiger charge is 2.13. The zero-order valence-electron chi connectivity index (χ0n) is 17.7. The predicted molar refractivity (Wildman–Crippen MR) is 120 cm³/mol. The lowest BCUT2D eigenvalue weighted by Crippen LogP contribution is -2.17. The smallest absolute Gasteiger partial charge is 0.271 e. The summed E-state index contributed by atoms with van der Waals surface area (Å²) in [5, 5.41) is 4.05. The summed E-state index contributed by atoms with van der Waals surface area (Å²) in [6.45, 7) is 7.43. The summed E-state index contributed by atoms with van der Waals surface area (Å²) in [6, 6.07) is 8.63. The first kappa shape index (κ1) is 23.5. The van der Waals surface area contributed by atoms with E-state index in [0.717, 1.165) is 16.5 Å². The molecule has 0 saturated heterocycles. The second-order valence-corrected chi connectivity index (χ2v) is 6.96. The Kier molecular flexibility index (Phi) is 9.47. The van der Waals surface area contributed by atoms with Crippen molar-refractivity contribution in [3.8, 4) is 23.0 Å². The van der Waals surface area contributed by atoms with E-state index in [1.54, 1.807) is 24.4 Å². The summed E-state index contributed by atoms with van der Waals surface area (Å²) >= 11 is 3.51. The second-order valence-electron chi connectivity index (χ2n) is 6.11. The monoisotopic (exact) mass is 478 g/mol. The molecule has 0 radical (unpaired) electrons. The molecule has 0 atom stereocenters. The van der Waals surface area contributed by atoms with Crippen molar-refractivity contribution in [2.75, 3.05) is 26.9 Å². The van der Waals surface area contributed by atoms with Crippen LogP contribution in [0.2, 0.25) is 0 Å². The first-order valence-corrected chi connectivity index (χ1v) is 10.6. The normalized spacial score (nSPS) is 10.7. The van der Waals surface area contributed by atoms with Crippen molar-refractivity contribution < 1.29 is 23.7 Å². The van der Waals surface area contributed by atoms with Gasteiger partial charge in [0.1, 0.15) is 0 Å². The molecule has 0 bridgehead atoms. The second kappa shape index (κ2) is 12.1. The van der Waals surface area contributed by atoms with Crippen LogP contribution in [0.4, 0.5) is 0 Å². The van der Waals surface area contributed by atoms with Crippen molar-refractivity contribution in [1.82, 2.24) is 5.43 Å². The van der Waals surface area contributed by atoms with Crippen LogP contribution in [0, 0.1) is 0 Å². The Morgan fingerprint density at radius 3 is 2.43 bits per heavy atom. The lowest BCUT2D eigenvalue weighted by Gasteiger charge is -2.14. The molecule has 2 aromatic carbocycles. The van der Waals surface area contributed by atoms with Gasteiger partial charge in [-0.2, -0.15) is 5.10 Å².